The maximum atomic E-state index is 11.9. The maximum Gasteiger partial charge on any atom is 0.329 e. The van der Waals surface area contributed by atoms with Crippen molar-refractivity contribution in [1.29, 1.82) is 0 Å². The average molecular weight is 514 g/mol. The van der Waals surface area contributed by atoms with E-state index in [0.717, 1.165) is 70.3 Å². The van der Waals surface area contributed by atoms with E-state index in [2.05, 4.69) is 10.6 Å². The molecule has 1 saturated heterocycles. The van der Waals surface area contributed by atoms with Gasteiger partial charge in [0.05, 0.1) is 24.9 Å². The predicted molar refractivity (Wildman–Crippen MR) is 141 cm³/mol. The second kappa shape index (κ2) is 15.3. The van der Waals surface area contributed by atoms with Crippen molar-refractivity contribution >= 4 is 17.6 Å². The van der Waals surface area contributed by atoms with Crippen molar-refractivity contribution in [3.8, 4) is 5.75 Å². The minimum Gasteiger partial charge on any atom is -0.508 e. The number of anilines is 1. The number of hydrogen-bond acceptors (Lipinski definition) is 7. The van der Waals surface area contributed by atoms with Gasteiger partial charge in [0, 0.05) is 25.3 Å². The third-order valence-electron chi connectivity index (χ3n) is 6.40. The van der Waals surface area contributed by atoms with E-state index in [4.69, 9.17) is 4.74 Å². The van der Waals surface area contributed by atoms with E-state index >= 15 is 0 Å². The number of benzene rings is 2. The molecule has 37 heavy (non-hydrogen) atoms. The minimum atomic E-state index is -0.686. The first-order valence-corrected chi connectivity index (χ1v) is 13.1. The number of nitrogens with zero attached hydrogens (tertiary/aromatic N) is 1. The molecule has 1 heterocycles. The second-order valence-corrected chi connectivity index (χ2v) is 9.31. The van der Waals surface area contributed by atoms with E-state index in [1.165, 1.54) is 11.0 Å². The number of imide groups is 1. The average Bonchev–Trinajstić information content (AvgIpc) is 3.24. The van der Waals surface area contributed by atoms with Crippen LogP contribution in [0, 0.1) is 0 Å². The number of urea groups is 1. The zero-order valence-electron chi connectivity index (χ0n) is 21.3. The molecule has 2 aromatic rings. The van der Waals surface area contributed by atoms with Crippen LogP contribution in [0.15, 0.2) is 42.5 Å². The lowest BCUT2D eigenvalue weighted by Crippen LogP contribution is -2.30. The summed E-state index contributed by atoms with van der Waals surface area (Å²) in [5.74, 6) is -0.192. The van der Waals surface area contributed by atoms with Gasteiger partial charge in [-0.25, -0.2) is 9.69 Å². The third kappa shape index (κ3) is 9.12. The first kappa shape index (κ1) is 28.6. The number of amides is 3. The van der Waals surface area contributed by atoms with Crippen LogP contribution in [0.5, 0.6) is 5.75 Å². The van der Waals surface area contributed by atoms with Gasteiger partial charge in [-0.05, 0) is 80.5 Å². The summed E-state index contributed by atoms with van der Waals surface area (Å²) >= 11 is 0. The highest BCUT2D eigenvalue weighted by molar-refractivity contribution is 6.19. The highest BCUT2D eigenvalue weighted by Gasteiger charge is 2.29. The Labute approximate surface area is 218 Å². The number of aryl methyl sites for hydroxylation is 1. The first-order valence-electron chi connectivity index (χ1n) is 13.1. The fraction of sp³-hybridized carbons (Fsp3) is 0.500. The normalized spacial score (nSPS) is 14.3. The number of rotatable bonds is 17. The van der Waals surface area contributed by atoms with Crippen LogP contribution < -0.4 is 15.5 Å². The molecule has 2 aromatic carbocycles. The third-order valence-corrected chi connectivity index (χ3v) is 6.40. The quantitative estimate of drug-likeness (QED) is 0.162. The fourth-order valence-corrected chi connectivity index (χ4v) is 4.27. The highest BCUT2D eigenvalue weighted by Crippen LogP contribution is 2.22. The number of unbranched alkanes of at least 4 members (excludes halogenated alkanes) is 4. The fourth-order valence-electron chi connectivity index (χ4n) is 4.27. The Hall–Kier alpha value is -2.98. The number of phenols is 1. The molecule has 202 valence electrons. The Morgan fingerprint density at radius 2 is 1.78 bits per heavy atom. The molecule has 3 rings (SSSR count). The molecule has 1 aliphatic rings. The van der Waals surface area contributed by atoms with Crippen molar-refractivity contribution in [2.24, 2.45) is 0 Å². The van der Waals surface area contributed by atoms with Crippen molar-refractivity contribution in [1.82, 2.24) is 10.6 Å². The van der Waals surface area contributed by atoms with Gasteiger partial charge in [0.1, 0.15) is 5.75 Å². The number of hydrogen-bond donors (Lipinski definition) is 5. The monoisotopic (exact) mass is 513 g/mol. The Bertz CT molecular complexity index is 999. The number of carbonyl (C=O) groups is 2. The van der Waals surface area contributed by atoms with E-state index in [1.54, 1.807) is 18.2 Å². The van der Waals surface area contributed by atoms with Crippen LogP contribution in [0.25, 0.3) is 0 Å². The molecule has 0 radical (unpaired) electrons. The first-order chi connectivity index (χ1) is 18.0. The largest absolute Gasteiger partial charge is 0.508 e. The molecule has 0 aliphatic carbocycles. The van der Waals surface area contributed by atoms with Crippen LogP contribution >= 0.6 is 0 Å². The molecule has 9 nitrogen and oxygen atoms in total. The van der Waals surface area contributed by atoms with Gasteiger partial charge in [-0.3, -0.25) is 4.79 Å². The molecular formula is C28H39N3O6. The molecule has 0 aromatic heterocycles. The van der Waals surface area contributed by atoms with Crippen molar-refractivity contribution in [3.05, 3.63) is 59.2 Å². The predicted octanol–water partition coefficient (Wildman–Crippen LogP) is 3.16. The van der Waals surface area contributed by atoms with Crippen LogP contribution in [0.3, 0.4) is 0 Å². The van der Waals surface area contributed by atoms with E-state index in [1.807, 2.05) is 18.2 Å². The SMILES string of the molecule is O=C1CNC(=O)N1c1cccc(CCCCCOCCCCCNC[C@H](O)c2ccc(O)c(CO)c2)c1. The second-order valence-electron chi connectivity index (χ2n) is 9.31. The van der Waals surface area contributed by atoms with Gasteiger partial charge in [-0.1, -0.05) is 24.6 Å². The van der Waals surface area contributed by atoms with Crippen LogP contribution in [0.1, 0.15) is 61.3 Å². The van der Waals surface area contributed by atoms with Crippen LogP contribution in [0.4, 0.5) is 10.5 Å². The standard InChI is InChI=1S/C28H39N3O6/c32-20-23-17-22(11-12-25(23)33)26(34)18-29-13-4-2-6-15-37-14-5-1-3-8-21-9-7-10-24(16-21)31-27(35)19-30-28(31)36/h7,9-12,16-17,26,29,32-34H,1-6,8,13-15,18-20H2,(H,30,36)/t26-/m0/s1. The molecule has 9 heteroatoms. The number of ether oxygens (including phenoxy) is 1. The lowest BCUT2D eigenvalue weighted by Gasteiger charge is -2.14. The number of aliphatic hydroxyl groups is 2. The topological polar surface area (TPSA) is 131 Å². The molecule has 3 amide bonds. The number of aromatic hydroxyl groups is 1. The molecule has 1 aliphatic heterocycles. The van der Waals surface area contributed by atoms with Crippen LogP contribution in [-0.4, -0.2) is 60.1 Å². The lowest BCUT2D eigenvalue weighted by molar-refractivity contribution is -0.115. The highest BCUT2D eigenvalue weighted by atomic mass is 16.5. The van der Waals surface area contributed by atoms with E-state index < -0.39 is 6.10 Å². The maximum absolute atomic E-state index is 11.9. The summed E-state index contributed by atoms with van der Waals surface area (Å²) in [4.78, 5) is 24.9. The van der Waals surface area contributed by atoms with E-state index in [-0.39, 0.29) is 30.8 Å². The van der Waals surface area contributed by atoms with Crippen molar-refractivity contribution in [2.45, 2.75) is 57.7 Å². The van der Waals surface area contributed by atoms with Gasteiger partial charge in [-0.2, -0.15) is 0 Å². The molecular weight excluding hydrogens is 474 g/mol. The summed E-state index contributed by atoms with van der Waals surface area (Å²) in [5.41, 5.74) is 2.82. The number of aliphatic hydroxyl groups excluding tert-OH is 2. The summed E-state index contributed by atoms with van der Waals surface area (Å²) in [6.45, 7) is 2.51. The van der Waals surface area contributed by atoms with Crippen LogP contribution in [0.2, 0.25) is 0 Å². The zero-order valence-corrected chi connectivity index (χ0v) is 21.3. The van der Waals surface area contributed by atoms with Gasteiger partial charge >= 0.3 is 6.03 Å². The van der Waals surface area contributed by atoms with Gasteiger partial charge in [-0.15, -0.1) is 0 Å². The molecule has 1 atom stereocenters. The molecule has 0 spiro atoms. The smallest absolute Gasteiger partial charge is 0.329 e. The molecule has 5 N–H and O–H groups in total. The van der Waals surface area contributed by atoms with Crippen molar-refractivity contribution in [3.63, 3.8) is 0 Å². The Morgan fingerprint density at radius 3 is 2.51 bits per heavy atom. The zero-order chi connectivity index (χ0) is 26.5. The lowest BCUT2D eigenvalue weighted by atomic mass is 10.1. The molecule has 0 saturated carbocycles. The Balaban J connectivity index is 1.16. The Kier molecular flexibility index (Phi) is 11.8. The molecule has 0 unspecified atom stereocenters. The summed E-state index contributed by atoms with van der Waals surface area (Å²) in [6.07, 6.45) is 6.33. The van der Waals surface area contributed by atoms with E-state index in [0.29, 0.717) is 23.4 Å². The number of carbonyl (C=O) groups excluding carboxylic acids is 2. The van der Waals surface area contributed by atoms with Gasteiger partial charge < -0.3 is 30.7 Å². The molecule has 1 fully saturated rings. The molecule has 0 bridgehead atoms. The summed E-state index contributed by atoms with van der Waals surface area (Å²) in [6, 6.07) is 12.0. The Morgan fingerprint density at radius 1 is 1.00 bits per heavy atom. The number of nitrogens with one attached hydrogen (secondary N) is 2. The van der Waals surface area contributed by atoms with E-state index in [9.17, 15) is 24.9 Å². The van der Waals surface area contributed by atoms with Crippen LogP contribution in [-0.2, 0) is 22.6 Å². The minimum absolute atomic E-state index is 0.0321. The van der Waals surface area contributed by atoms with Gasteiger partial charge in [0.15, 0.2) is 0 Å². The van der Waals surface area contributed by atoms with Gasteiger partial charge in [0.2, 0.25) is 0 Å². The van der Waals surface area contributed by atoms with Crippen molar-refractivity contribution < 1.29 is 29.6 Å². The van der Waals surface area contributed by atoms with Crippen molar-refractivity contribution in [2.75, 3.05) is 37.7 Å². The summed E-state index contributed by atoms with van der Waals surface area (Å²) in [7, 11) is 0. The summed E-state index contributed by atoms with van der Waals surface area (Å²) in [5, 5.41) is 34.9. The summed E-state index contributed by atoms with van der Waals surface area (Å²) < 4.78 is 5.74. The van der Waals surface area contributed by atoms with Gasteiger partial charge in [0.25, 0.3) is 5.91 Å².